The van der Waals surface area contributed by atoms with Crippen LogP contribution in [0.15, 0.2) is 146 Å². The van der Waals surface area contributed by atoms with Gasteiger partial charge in [0.25, 0.3) is 0 Å². The van der Waals surface area contributed by atoms with Gasteiger partial charge < -0.3 is 0 Å². The van der Waals surface area contributed by atoms with Crippen molar-refractivity contribution in [3.05, 3.63) is 162 Å². The third-order valence-corrected chi connectivity index (χ3v) is 10.7. The zero-order chi connectivity index (χ0) is 32.8. The standard InChI is InChI=1S/C46H37N3/c1-31-22-23-37(45-48-43(32-14-5-2-6-15-32)47-44(49-45)33-16-7-3-8-17-33)30-39(31)36-19-13-18-34(28-36)35-24-25-42-40(29-35)38-20-9-10-21-41(38)46(42)26-11-4-12-27-46/h2-3,5-10,13-25,28-30H,4,11-12,26-27H2,1H3. The van der Waals surface area contributed by atoms with Gasteiger partial charge in [0.2, 0.25) is 0 Å². The van der Waals surface area contributed by atoms with Crippen molar-refractivity contribution in [3.63, 3.8) is 0 Å². The molecule has 1 spiro atoms. The monoisotopic (exact) mass is 631 g/mol. The summed E-state index contributed by atoms with van der Waals surface area (Å²) < 4.78 is 0. The van der Waals surface area contributed by atoms with Gasteiger partial charge in [-0.1, -0.05) is 147 Å². The van der Waals surface area contributed by atoms with E-state index in [4.69, 9.17) is 15.0 Å². The van der Waals surface area contributed by atoms with Gasteiger partial charge in [0.1, 0.15) is 0 Å². The summed E-state index contributed by atoms with van der Waals surface area (Å²) in [5.41, 5.74) is 15.0. The Labute approximate surface area is 288 Å². The van der Waals surface area contributed by atoms with Crippen LogP contribution in [0.5, 0.6) is 0 Å². The number of hydrogen-bond donors (Lipinski definition) is 0. The predicted molar refractivity (Wildman–Crippen MR) is 201 cm³/mol. The van der Waals surface area contributed by atoms with Crippen LogP contribution >= 0.6 is 0 Å². The van der Waals surface area contributed by atoms with Crippen molar-refractivity contribution in [2.75, 3.05) is 0 Å². The molecule has 2 aliphatic rings. The van der Waals surface area contributed by atoms with Crippen LogP contribution in [0.1, 0.15) is 48.8 Å². The van der Waals surface area contributed by atoms with Gasteiger partial charge in [-0.15, -0.1) is 0 Å². The number of aryl methyl sites for hydroxylation is 1. The number of hydrogen-bond acceptors (Lipinski definition) is 3. The van der Waals surface area contributed by atoms with E-state index in [0.29, 0.717) is 17.5 Å². The molecule has 49 heavy (non-hydrogen) atoms. The molecule has 0 bridgehead atoms. The van der Waals surface area contributed by atoms with Crippen LogP contribution in [0.3, 0.4) is 0 Å². The average Bonchev–Trinajstić information content (AvgIpc) is 3.44. The van der Waals surface area contributed by atoms with E-state index in [1.165, 1.54) is 82.2 Å². The number of rotatable bonds is 5. The number of nitrogens with zero attached hydrogens (tertiary/aromatic N) is 3. The lowest BCUT2D eigenvalue weighted by molar-refractivity contribution is 0.353. The van der Waals surface area contributed by atoms with E-state index in [-0.39, 0.29) is 5.41 Å². The van der Waals surface area contributed by atoms with Crippen molar-refractivity contribution in [3.8, 4) is 67.5 Å². The summed E-state index contributed by atoms with van der Waals surface area (Å²) in [7, 11) is 0. The van der Waals surface area contributed by atoms with Crippen LogP contribution in [0.4, 0.5) is 0 Å². The summed E-state index contributed by atoms with van der Waals surface area (Å²) in [6, 6.07) is 52.2. The Kier molecular flexibility index (Phi) is 7.27. The maximum absolute atomic E-state index is 4.99. The van der Waals surface area contributed by atoms with Crippen LogP contribution in [0.25, 0.3) is 67.5 Å². The molecule has 236 valence electrons. The molecule has 1 aromatic heterocycles. The highest BCUT2D eigenvalue weighted by molar-refractivity contribution is 5.86. The quantitative estimate of drug-likeness (QED) is 0.190. The molecule has 0 amide bonds. The Bertz CT molecular complexity index is 2260. The maximum Gasteiger partial charge on any atom is 0.164 e. The van der Waals surface area contributed by atoms with Crippen LogP contribution in [0.2, 0.25) is 0 Å². The lowest BCUT2D eigenvalue weighted by atomic mass is 9.68. The molecule has 3 heteroatoms. The molecule has 0 N–H and O–H groups in total. The van der Waals surface area contributed by atoms with Gasteiger partial charge in [0.05, 0.1) is 0 Å². The van der Waals surface area contributed by atoms with Crippen molar-refractivity contribution in [2.24, 2.45) is 0 Å². The average molecular weight is 632 g/mol. The topological polar surface area (TPSA) is 38.7 Å². The van der Waals surface area contributed by atoms with Crippen molar-refractivity contribution in [1.29, 1.82) is 0 Å². The van der Waals surface area contributed by atoms with Gasteiger partial charge in [-0.25, -0.2) is 15.0 Å². The number of aromatic nitrogens is 3. The Morgan fingerprint density at radius 1 is 0.388 bits per heavy atom. The van der Waals surface area contributed by atoms with E-state index in [1.54, 1.807) is 0 Å². The maximum atomic E-state index is 4.99. The summed E-state index contributed by atoms with van der Waals surface area (Å²) in [5.74, 6) is 2.00. The molecular formula is C46H37N3. The first-order valence-corrected chi connectivity index (χ1v) is 17.5. The number of fused-ring (bicyclic) bond motifs is 5. The minimum Gasteiger partial charge on any atom is -0.208 e. The molecule has 0 unspecified atom stereocenters. The largest absolute Gasteiger partial charge is 0.208 e. The van der Waals surface area contributed by atoms with E-state index in [9.17, 15) is 0 Å². The zero-order valence-corrected chi connectivity index (χ0v) is 27.7. The summed E-state index contributed by atoms with van der Waals surface area (Å²) in [6.45, 7) is 2.18. The molecule has 7 aromatic rings. The summed E-state index contributed by atoms with van der Waals surface area (Å²) in [4.78, 5) is 14.9. The predicted octanol–water partition coefficient (Wildman–Crippen LogP) is 11.7. The van der Waals surface area contributed by atoms with Crippen molar-refractivity contribution >= 4 is 0 Å². The van der Waals surface area contributed by atoms with Crippen LogP contribution in [0, 0.1) is 6.92 Å². The highest BCUT2D eigenvalue weighted by Crippen LogP contribution is 2.56. The third kappa shape index (κ3) is 5.18. The van der Waals surface area contributed by atoms with Crippen LogP contribution < -0.4 is 0 Å². The van der Waals surface area contributed by atoms with E-state index in [2.05, 4.69) is 91.9 Å². The first kappa shape index (κ1) is 29.5. The molecule has 0 saturated heterocycles. The van der Waals surface area contributed by atoms with Gasteiger partial charge in [0.15, 0.2) is 17.5 Å². The summed E-state index contributed by atoms with van der Waals surface area (Å²) >= 11 is 0. The lowest BCUT2D eigenvalue weighted by Gasteiger charge is -2.36. The molecule has 2 aliphatic carbocycles. The molecule has 1 saturated carbocycles. The normalized spacial score (nSPS) is 14.4. The highest BCUT2D eigenvalue weighted by atomic mass is 15.0. The Morgan fingerprint density at radius 3 is 1.63 bits per heavy atom. The highest BCUT2D eigenvalue weighted by Gasteiger charge is 2.43. The molecule has 9 rings (SSSR count). The fraction of sp³-hybridized carbons (Fsp3) is 0.152. The van der Waals surface area contributed by atoms with Crippen LogP contribution in [-0.4, -0.2) is 15.0 Å². The minimum absolute atomic E-state index is 0.178. The molecule has 1 fully saturated rings. The minimum atomic E-state index is 0.178. The third-order valence-electron chi connectivity index (χ3n) is 10.7. The van der Waals surface area contributed by atoms with Crippen molar-refractivity contribution in [2.45, 2.75) is 44.4 Å². The number of benzene rings is 6. The Hall–Kier alpha value is -5.67. The van der Waals surface area contributed by atoms with Gasteiger partial charge in [-0.05, 0) is 88.0 Å². The van der Waals surface area contributed by atoms with Crippen LogP contribution in [-0.2, 0) is 5.41 Å². The zero-order valence-electron chi connectivity index (χ0n) is 27.7. The van der Waals surface area contributed by atoms with Gasteiger partial charge >= 0.3 is 0 Å². The smallest absolute Gasteiger partial charge is 0.164 e. The fourth-order valence-electron chi connectivity index (χ4n) is 8.21. The summed E-state index contributed by atoms with van der Waals surface area (Å²) in [6.07, 6.45) is 6.47. The second-order valence-corrected chi connectivity index (χ2v) is 13.6. The first-order valence-electron chi connectivity index (χ1n) is 17.5. The first-order chi connectivity index (χ1) is 24.2. The molecule has 0 atom stereocenters. The van der Waals surface area contributed by atoms with E-state index in [1.807, 2.05) is 60.7 Å². The fourth-order valence-corrected chi connectivity index (χ4v) is 8.21. The lowest BCUT2D eigenvalue weighted by Crippen LogP contribution is -2.27. The summed E-state index contributed by atoms with van der Waals surface area (Å²) in [5, 5.41) is 0. The molecule has 0 radical (unpaired) electrons. The Balaban J connectivity index is 1.12. The Morgan fingerprint density at radius 2 is 0.918 bits per heavy atom. The second-order valence-electron chi connectivity index (χ2n) is 13.6. The SMILES string of the molecule is Cc1ccc(-c2nc(-c3ccccc3)nc(-c3ccccc3)n2)cc1-c1cccc(-c2ccc3c(c2)-c2ccccc2C32CCCCC2)c1. The van der Waals surface area contributed by atoms with Gasteiger partial charge in [-0.2, -0.15) is 0 Å². The molecule has 6 aromatic carbocycles. The second kappa shape index (κ2) is 12.1. The van der Waals surface area contributed by atoms with E-state index < -0.39 is 0 Å². The molecular weight excluding hydrogens is 595 g/mol. The van der Waals surface area contributed by atoms with Gasteiger partial charge in [0, 0.05) is 22.1 Å². The molecule has 3 nitrogen and oxygen atoms in total. The van der Waals surface area contributed by atoms with Gasteiger partial charge in [-0.3, -0.25) is 0 Å². The van der Waals surface area contributed by atoms with Crippen molar-refractivity contribution < 1.29 is 0 Å². The molecule has 0 aliphatic heterocycles. The van der Waals surface area contributed by atoms with E-state index in [0.717, 1.165) is 16.7 Å². The van der Waals surface area contributed by atoms with E-state index >= 15 is 0 Å². The molecule has 1 heterocycles. The van der Waals surface area contributed by atoms with Crippen molar-refractivity contribution in [1.82, 2.24) is 15.0 Å².